The number of nitrogens with zero attached hydrogens (tertiary/aromatic N) is 1. The van der Waals surface area contributed by atoms with Crippen molar-refractivity contribution in [3.8, 4) is 0 Å². The van der Waals surface area contributed by atoms with E-state index >= 15 is 0 Å². The summed E-state index contributed by atoms with van der Waals surface area (Å²) in [5.41, 5.74) is 5.17. The van der Waals surface area contributed by atoms with Gasteiger partial charge in [0.15, 0.2) is 0 Å². The predicted octanol–water partition coefficient (Wildman–Crippen LogP) is -6.29. The quantitative estimate of drug-likeness (QED) is 0.102. The molecule has 0 aromatic rings. The highest BCUT2D eigenvalue weighted by Gasteiger charge is 2.36. The molecule has 10 N–H and O–H groups in total. The van der Waals surface area contributed by atoms with Crippen LogP contribution in [0.4, 0.5) is 0 Å². The van der Waals surface area contributed by atoms with Gasteiger partial charge in [-0.1, -0.05) is 0 Å². The first kappa shape index (κ1) is 31.2. The Kier molecular flexibility index (Phi) is 12.9. The zero-order valence-electron chi connectivity index (χ0n) is 20.2. The topological polar surface area (TPSA) is 270 Å². The van der Waals surface area contributed by atoms with E-state index in [2.05, 4.69) is 26.6 Å². The highest BCUT2D eigenvalue weighted by molar-refractivity contribution is 5.96. The number of aliphatic hydroxyl groups excluding tert-OH is 2. The summed E-state index contributed by atoms with van der Waals surface area (Å²) in [4.78, 5) is 84.7. The molecule has 6 amide bonds. The van der Waals surface area contributed by atoms with Gasteiger partial charge in [0.25, 0.3) is 0 Å². The number of carbonyl (C=O) groups excluding carboxylic acids is 6. The van der Waals surface area contributed by atoms with Gasteiger partial charge in [0.05, 0.1) is 32.8 Å². The number of carboxylic acids is 1. The third kappa shape index (κ3) is 9.98. The fourth-order valence-electron chi connectivity index (χ4n) is 3.26. The summed E-state index contributed by atoms with van der Waals surface area (Å²) in [7, 11) is 0. The number of rotatable bonds is 14. The lowest BCUT2D eigenvalue weighted by Crippen LogP contribution is -2.59. The molecule has 1 aliphatic heterocycles. The Bertz CT molecular complexity index is 884. The van der Waals surface area contributed by atoms with Gasteiger partial charge < -0.3 is 52.5 Å². The van der Waals surface area contributed by atoms with Gasteiger partial charge in [0, 0.05) is 6.54 Å². The minimum absolute atomic E-state index is 0.233. The molecule has 37 heavy (non-hydrogen) atoms. The van der Waals surface area contributed by atoms with Gasteiger partial charge in [0.1, 0.15) is 24.2 Å². The van der Waals surface area contributed by atoms with E-state index in [0.29, 0.717) is 6.42 Å². The monoisotopic (exact) mass is 531 g/mol. The second kappa shape index (κ2) is 15.3. The van der Waals surface area contributed by atoms with E-state index in [1.54, 1.807) is 0 Å². The molecule has 1 saturated heterocycles. The van der Waals surface area contributed by atoms with Gasteiger partial charge in [0.2, 0.25) is 35.4 Å². The van der Waals surface area contributed by atoms with Crippen LogP contribution < -0.4 is 32.3 Å². The maximum atomic E-state index is 12.7. The number of carboxylic acid groups (broad SMARTS) is 1. The van der Waals surface area contributed by atoms with Crippen LogP contribution in [0.1, 0.15) is 19.8 Å². The lowest BCUT2D eigenvalue weighted by Gasteiger charge is -2.26. The Morgan fingerprint density at radius 3 is 2.08 bits per heavy atom. The number of amides is 6. The molecule has 0 unspecified atom stereocenters. The van der Waals surface area contributed by atoms with Crippen molar-refractivity contribution in [3.05, 3.63) is 0 Å². The van der Waals surface area contributed by atoms with Crippen molar-refractivity contribution in [3.63, 3.8) is 0 Å². The molecule has 17 nitrogen and oxygen atoms in total. The zero-order valence-corrected chi connectivity index (χ0v) is 20.2. The van der Waals surface area contributed by atoms with Crippen LogP contribution in [0.15, 0.2) is 0 Å². The van der Waals surface area contributed by atoms with Crippen molar-refractivity contribution >= 4 is 41.4 Å². The van der Waals surface area contributed by atoms with Gasteiger partial charge in [-0.05, 0) is 19.8 Å². The minimum atomic E-state index is -1.56. The van der Waals surface area contributed by atoms with Gasteiger partial charge >= 0.3 is 5.97 Å². The number of aliphatic carboxylic acids is 1. The van der Waals surface area contributed by atoms with Crippen LogP contribution in [0, 0.1) is 0 Å². The maximum Gasteiger partial charge on any atom is 0.325 e. The van der Waals surface area contributed by atoms with Crippen molar-refractivity contribution < 1.29 is 48.9 Å². The van der Waals surface area contributed by atoms with Crippen LogP contribution in [-0.2, 0) is 33.6 Å². The molecular formula is C20H33N7O10. The van der Waals surface area contributed by atoms with Crippen molar-refractivity contribution in [2.45, 2.75) is 43.9 Å². The van der Waals surface area contributed by atoms with Crippen LogP contribution in [0.25, 0.3) is 0 Å². The van der Waals surface area contributed by atoms with Crippen LogP contribution >= 0.6 is 0 Å². The molecule has 1 rings (SSSR count). The SMILES string of the molecule is C[C@H](NC(=O)CNC(=O)[C@H](CO)NC(=O)[C@H](CO)NC(=O)[C@@H]1CCCN1C(=O)CNC(=O)CN)C(=O)O. The smallest absolute Gasteiger partial charge is 0.325 e. The summed E-state index contributed by atoms with van der Waals surface area (Å²) < 4.78 is 0. The molecule has 0 aromatic heterocycles. The van der Waals surface area contributed by atoms with Gasteiger partial charge in [-0.3, -0.25) is 33.6 Å². The average Bonchev–Trinajstić information content (AvgIpc) is 3.37. The van der Waals surface area contributed by atoms with Crippen molar-refractivity contribution in [1.82, 2.24) is 31.5 Å². The molecule has 0 aromatic carbocycles. The fraction of sp³-hybridized carbons (Fsp3) is 0.650. The summed E-state index contributed by atoms with van der Waals surface area (Å²) in [6.45, 7) is -1.64. The molecule has 1 heterocycles. The van der Waals surface area contributed by atoms with E-state index in [1.807, 2.05) is 0 Å². The number of likely N-dealkylation sites (tertiary alicyclic amines) is 1. The number of nitrogens with one attached hydrogen (secondary N) is 5. The normalized spacial score (nSPS) is 17.1. The van der Waals surface area contributed by atoms with Crippen molar-refractivity contribution in [2.24, 2.45) is 5.73 Å². The van der Waals surface area contributed by atoms with Crippen LogP contribution in [0.3, 0.4) is 0 Å². The summed E-state index contributed by atoms with van der Waals surface area (Å²) in [6.07, 6.45) is 0.753. The third-order valence-corrected chi connectivity index (χ3v) is 5.30. The Morgan fingerprint density at radius 2 is 1.51 bits per heavy atom. The first-order valence-corrected chi connectivity index (χ1v) is 11.3. The largest absolute Gasteiger partial charge is 0.480 e. The molecular weight excluding hydrogens is 498 g/mol. The van der Waals surface area contributed by atoms with E-state index < -0.39 is 85.3 Å². The Morgan fingerprint density at radius 1 is 0.892 bits per heavy atom. The molecule has 17 heteroatoms. The number of hydrogen-bond donors (Lipinski definition) is 9. The molecule has 0 aliphatic carbocycles. The van der Waals surface area contributed by atoms with E-state index in [9.17, 15) is 43.8 Å². The molecule has 4 atom stereocenters. The highest BCUT2D eigenvalue weighted by Crippen LogP contribution is 2.17. The predicted molar refractivity (Wildman–Crippen MR) is 123 cm³/mol. The molecule has 0 spiro atoms. The summed E-state index contributed by atoms with van der Waals surface area (Å²) in [5.74, 6) is -5.97. The first-order chi connectivity index (χ1) is 17.4. The standard InChI is InChI=1S/C20H33N7O10/c1-10(20(36)37)24-15(31)6-23-17(33)11(8-28)25-18(34)12(9-29)26-19(35)13-3-2-4-27(13)16(32)7-22-14(30)5-21/h10-13,28-29H,2-9,21H2,1H3,(H,22,30)(H,23,33)(H,24,31)(H,25,34)(H,26,35)(H,36,37)/t10-,11-,12-,13-/m0/s1. The third-order valence-electron chi connectivity index (χ3n) is 5.30. The Labute approximate surface area is 211 Å². The van der Waals surface area contributed by atoms with E-state index in [4.69, 9.17) is 10.8 Å². The van der Waals surface area contributed by atoms with E-state index in [-0.39, 0.29) is 26.1 Å². The summed E-state index contributed by atoms with van der Waals surface area (Å²) in [5, 5.41) is 38.7. The Hall–Kier alpha value is -3.83. The molecule has 0 radical (unpaired) electrons. The second-order valence-electron chi connectivity index (χ2n) is 8.06. The fourth-order valence-corrected chi connectivity index (χ4v) is 3.26. The van der Waals surface area contributed by atoms with Gasteiger partial charge in [-0.15, -0.1) is 0 Å². The lowest BCUT2D eigenvalue weighted by molar-refractivity contribution is -0.141. The van der Waals surface area contributed by atoms with Crippen molar-refractivity contribution in [1.29, 1.82) is 0 Å². The van der Waals surface area contributed by atoms with Crippen LogP contribution in [0.2, 0.25) is 0 Å². The van der Waals surface area contributed by atoms with Crippen LogP contribution in [-0.4, -0.2) is 125 Å². The lowest BCUT2D eigenvalue weighted by atomic mass is 10.1. The number of hydrogen-bond acceptors (Lipinski definition) is 10. The molecule has 1 aliphatic rings. The minimum Gasteiger partial charge on any atom is -0.480 e. The van der Waals surface area contributed by atoms with Gasteiger partial charge in [-0.2, -0.15) is 0 Å². The van der Waals surface area contributed by atoms with E-state index in [1.165, 1.54) is 11.8 Å². The number of carbonyl (C=O) groups is 7. The van der Waals surface area contributed by atoms with Gasteiger partial charge in [-0.25, -0.2) is 0 Å². The Balaban J connectivity index is 2.67. The summed E-state index contributed by atoms with van der Waals surface area (Å²) >= 11 is 0. The number of nitrogens with two attached hydrogens (primary N) is 1. The molecule has 208 valence electrons. The second-order valence-corrected chi connectivity index (χ2v) is 8.06. The van der Waals surface area contributed by atoms with Crippen LogP contribution in [0.5, 0.6) is 0 Å². The summed E-state index contributed by atoms with van der Waals surface area (Å²) in [6, 6.07) is -5.27. The highest BCUT2D eigenvalue weighted by atomic mass is 16.4. The maximum absolute atomic E-state index is 12.7. The van der Waals surface area contributed by atoms with E-state index in [0.717, 1.165) is 0 Å². The first-order valence-electron chi connectivity index (χ1n) is 11.3. The van der Waals surface area contributed by atoms with Crippen molar-refractivity contribution in [2.75, 3.05) is 39.4 Å². The molecule has 0 bridgehead atoms. The number of aliphatic hydroxyl groups is 2. The molecule has 1 fully saturated rings. The zero-order chi connectivity index (χ0) is 28.1. The average molecular weight is 532 g/mol. The molecule has 0 saturated carbocycles.